The molecule has 0 aliphatic carbocycles. The minimum atomic E-state index is 0. The lowest BCUT2D eigenvalue weighted by Gasteiger charge is -2.21. The highest BCUT2D eigenvalue weighted by Gasteiger charge is 2.22. The van der Waals surface area contributed by atoms with Crippen LogP contribution in [0.4, 0.5) is 0 Å². The van der Waals surface area contributed by atoms with Gasteiger partial charge in [-0.3, -0.25) is 0 Å². The molecule has 0 saturated heterocycles. The molecule has 0 aliphatic heterocycles. The quantitative estimate of drug-likeness (QED) is 0.320. The van der Waals surface area contributed by atoms with E-state index in [-0.39, 0.29) is 17.0 Å². The zero-order valence-electron chi connectivity index (χ0n) is 17.7. The van der Waals surface area contributed by atoms with Crippen LogP contribution in [0.3, 0.4) is 0 Å². The van der Waals surface area contributed by atoms with E-state index in [2.05, 4.69) is 127 Å². The van der Waals surface area contributed by atoms with E-state index >= 15 is 0 Å². The van der Waals surface area contributed by atoms with Gasteiger partial charge in [-0.1, -0.05) is 121 Å². The number of hydrogen-bond acceptors (Lipinski definition) is 0. The first-order valence-electron chi connectivity index (χ1n) is 10.6. The standard InChI is InChI=1S/C30H23P.BrH/c31-27-21-26(22-13-5-1-6-14-22)28(23-15-7-2-8-16-23)30(25-19-11-4-12-20-25)29(27)24-17-9-3-10-18-24;/h1-21H,31H2;1H. The van der Waals surface area contributed by atoms with Crippen LogP contribution in [0.25, 0.3) is 44.5 Å². The van der Waals surface area contributed by atoms with Crippen molar-refractivity contribution in [3.8, 4) is 44.5 Å². The lowest BCUT2D eigenvalue weighted by molar-refractivity contribution is -0.00000572. The van der Waals surface area contributed by atoms with Crippen LogP contribution in [0.2, 0.25) is 0 Å². The van der Waals surface area contributed by atoms with Gasteiger partial charge in [-0.15, -0.1) is 0 Å². The highest BCUT2D eigenvalue weighted by atomic mass is 79.9. The van der Waals surface area contributed by atoms with Gasteiger partial charge in [-0.05, 0) is 39.4 Å². The molecule has 0 heterocycles. The molecule has 0 amide bonds. The molecule has 5 aromatic rings. The molecule has 1 atom stereocenters. The van der Waals surface area contributed by atoms with Gasteiger partial charge in [0.15, 0.2) is 0 Å². The second-order valence-electron chi connectivity index (χ2n) is 7.67. The van der Waals surface area contributed by atoms with Crippen LogP contribution in [0.1, 0.15) is 0 Å². The molecule has 32 heavy (non-hydrogen) atoms. The molecule has 0 nitrogen and oxygen atoms in total. The third-order valence-electron chi connectivity index (χ3n) is 5.68. The summed E-state index contributed by atoms with van der Waals surface area (Å²) >= 11 is 0. The Balaban J connectivity index is 0.00000245. The van der Waals surface area contributed by atoms with E-state index in [0.29, 0.717) is 0 Å². The summed E-state index contributed by atoms with van der Waals surface area (Å²) in [6.07, 6.45) is 0. The van der Waals surface area contributed by atoms with Crippen molar-refractivity contribution < 1.29 is 17.0 Å². The van der Waals surface area contributed by atoms with Crippen molar-refractivity contribution in [2.45, 2.75) is 0 Å². The van der Waals surface area contributed by atoms with Gasteiger partial charge in [0.25, 0.3) is 0 Å². The van der Waals surface area contributed by atoms with Crippen molar-refractivity contribution >= 4 is 14.5 Å². The summed E-state index contributed by atoms with van der Waals surface area (Å²) < 4.78 is 0. The summed E-state index contributed by atoms with van der Waals surface area (Å²) in [6, 6.07) is 45.5. The van der Waals surface area contributed by atoms with Gasteiger partial charge in [-0.2, -0.15) is 0 Å². The van der Waals surface area contributed by atoms with Crippen molar-refractivity contribution in [3.63, 3.8) is 0 Å². The smallest absolute Gasteiger partial charge is 0.0955 e. The fourth-order valence-corrected chi connectivity index (χ4v) is 4.90. The maximum absolute atomic E-state index is 2.37. The van der Waals surface area contributed by atoms with Crippen molar-refractivity contribution in [3.05, 3.63) is 127 Å². The van der Waals surface area contributed by atoms with Gasteiger partial charge in [0, 0.05) is 20.4 Å². The minimum Gasteiger partial charge on any atom is -1.00 e. The van der Waals surface area contributed by atoms with Gasteiger partial charge < -0.3 is 17.0 Å². The van der Waals surface area contributed by atoms with E-state index < -0.39 is 0 Å². The Morgan fingerprint density at radius 2 is 0.719 bits per heavy atom. The number of halogens is 1. The number of benzene rings is 5. The van der Waals surface area contributed by atoms with Crippen molar-refractivity contribution in [1.82, 2.24) is 0 Å². The fourth-order valence-electron chi connectivity index (χ4n) is 4.32. The molecular weight excluding hydrogens is 471 g/mol. The largest absolute Gasteiger partial charge is 1.00 e. The Hall–Kier alpha value is -2.99. The van der Waals surface area contributed by atoms with E-state index in [1.165, 1.54) is 49.8 Å². The number of rotatable bonds is 4. The Morgan fingerprint density at radius 3 is 1.16 bits per heavy atom. The molecule has 5 aromatic carbocycles. The summed E-state index contributed by atoms with van der Waals surface area (Å²) in [6.45, 7) is 0. The third kappa shape index (κ3) is 4.32. The highest BCUT2D eigenvalue weighted by Crippen LogP contribution is 2.45. The molecule has 0 radical (unpaired) electrons. The van der Waals surface area contributed by atoms with Gasteiger partial charge >= 0.3 is 0 Å². The molecule has 0 N–H and O–H groups in total. The maximum atomic E-state index is 2.37. The molecule has 0 aliphatic rings. The fraction of sp³-hybridized carbons (Fsp3) is 0. The van der Waals surface area contributed by atoms with E-state index in [1.807, 2.05) is 9.24 Å². The molecule has 1 unspecified atom stereocenters. The van der Waals surface area contributed by atoms with Crippen LogP contribution in [-0.2, 0) is 0 Å². The first-order valence-corrected chi connectivity index (χ1v) is 11.3. The lowest BCUT2D eigenvalue weighted by Crippen LogP contribution is -3.00. The topological polar surface area (TPSA) is 0 Å². The summed E-state index contributed by atoms with van der Waals surface area (Å²) in [5, 5.41) is 1.31. The van der Waals surface area contributed by atoms with Crippen LogP contribution < -0.4 is 22.3 Å². The highest BCUT2D eigenvalue weighted by molar-refractivity contribution is 7.28. The van der Waals surface area contributed by atoms with Gasteiger partial charge in [0.05, 0.1) is 5.30 Å². The summed E-state index contributed by atoms with van der Waals surface area (Å²) in [7, 11) is 1.98. The molecule has 5 rings (SSSR count). The Labute approximate surface area is 203 Å². The van der Waals surface area contributed by atoms with E-state index in [1.54, 1.807) is 0 Å². The van der Waals surface area contributed by atoms with Crippen LogP contribution in [0.5, 0.6) is 0 Å². The average molecular weight is 495 g/mol. The van der Waals surface area contributed by atoms with Crippen molar-refractivity contribution in [2.75, 3.05) is 0 Å². The molecule has 0 saturated carbocycles. The predicted molar refractivity (Wildman–Crippen MR) is 139 cm³/mol. The van der Waals surface area contributed by atoms with E-state index in [0.717, 1.165) is 0 Å². The van der Waals surface area contributed by atoms with Crippen molar-refractivity contribution in [1.29, 1.82) is 0 Å². The van der Waals surface area contributed by atoms with E-state index in [4.69, 9.17) is 0 Å². The Bertz CT molecular complexity index is 1300. The monoisotopic (exact) mass is 494 g/mol. The zero-order chi connectivity index (χ0) is 21.0. The lowest BCUT2D eigenvalue weighted by atomic mass is 9.83. The van der Waals surface area contributed by atoms with E-state index in [9.17, 15) is 0 Å². The molecule has 0 aromatic heterocycles. The average Bonchev–Trinajstić information content (AvgIpc) is 2.85. The molecular formula is C30H24BrP. The molecule has 0 bridgehead atoms. The molecule has 156 valence electrons. The zero-order valence-corrected chi connectivity index (χ0v) is 20.7. The third-order valence-corrected chi connectivity index (χ3v) is 6.24. The Morgan fingerprint density at radius 1 is 0.375 bits per heavy atom. The van der Waals surface area contributed by atoms with Crippen LogP contribution in [-0.4, -0.2) is 0 Å². The minimum absolute atomic E-state index is 0. The Kier molecular flexibility index (Phi) is 7.00. The predicted octanol–water partition coefficient (Wildman–Crippen LogP) is 4.59. The summed E-state index contributed by atoms with van der Waals surface area (Å²) in [5.74, 6) is 0. The second kappa shape index (κ2) is 10.1. The van der Waals surface area contributed by atoms with Crippen molar-refractivity contribution in [2.24, 2.45) is 0 Å². The first-order chi connectivity index (χ1) is 15.3. The van der Waals surface area contributed by atoms with Crippen LogP contribution in [0, 0.1) is 0 Å². The SMILES string of the molecule is [Br-].[PH3+]c1cc(-c2ccccc2)c(-c2ccccc2)c(-c2ccccc2)c1-c1ccccc1. The number of hydrogen-bond donors (Lipinski definition) is 0. The molecule has 0 fully saturated rings. The molecule has 0 spiro atoms. The van der Waals surface area contributed by atoms with Crippen LogP contribution >= 0.6 is 9.24 Å². The van der Waals surface area contributed by atoms with Crippen LogP contribution in [0.15, 0.2) is 127 Å². The summed E-state index contributed by atoms with van der Waals surface area (Å²) in [5.41, 5.74) is 10.1. The second-order valence-corrected chi connectivity index (χ2v) is 8.43. The van der Waals surface area contributed by atoms with Gasteiger partial charge in [-0.25, -0.2) is 0 Å². The first kappa shape index (κ1) is 22.2. The van der Waals surface area contributed by atoms with Gasteiger partial charge in [0.1, 0.15) is 0 Å². The normalized spacial score (nSPS) is 10.5. The molecule has 2 heteroatoms. The van der Waals surface area contributed by atoms with Gasteiger partial charge in [0.2, 0.25) is 0 Å². The summed E-state index contributed by atoms with van der Waals surface area (Å²) in [4.78, 5) is 0. The maximum Gasteiger partial charge on any atom is 0.0955 e.